The molecule has 3 aromatic carbocycles. The second-order valence-electron chi connectivity index (χ2n) is 6.80. The lowest BCUT2D eigenvalue weighted by Gasteiger charge is -2.15. The quantitative estimate of drug-likeness (QED) is 0.110. The summed E-state index contributed by atoms with van der Waals surface area (Å²) >= 11 is 2.05. The largest absolute Gasteiger partial charge is 0.489 e. The molecule has 0 N–H and O–H groups in total. The molecular formula is C24H20INO7. The summed E-state index contributed by atoms with van der Waals surface area (Å²) in [6.45, 7) is 2.06. The van der Waals surface area contributed by atoms with Crippen molar-refractivity contribution in [1.29, 1.82) is 0 Å². The first kappa shape index (κ1) is 24.2. The maximum atomic E-state index is 12.6. The fourth-order valence-corrected chi connectivity index (χ4v) is 3.64. The Labute approximate surface area is 203 Å². The van der Waals surface area contributed by atoms with Gasteiger partial charge in [-0.1, -0.05) is 30.3 Å². The molecule has 3 aromatic rings. The third kappa shape index (κ3) is 6.51. The van der Waals surface area contributed by atoms with E-state index in [1.807, 2.05) is 59.8 Å². The summed E-state index contributed by atoms with van der Waals surface area (Å²) in [7, 11) is 0. The zero-order chi connectivity index (χ0) is 23.8. The zero-order valence-corrected chi connectivity index (χ0v) is 19.8. The van der Waals surface area contributed by atoms with Crippen molar-refractivity contribution in [1.82, 2.24) is 0 Å². The Balaban J connectivity index is 1.71. The molecule has 0 aliphatic heterocycles. The number of hydrogen-bond donors (Lipinski definition) is 0. The van der Waals surface area contributed by atoms with E-state index in [0.717, 1.165) is 5.56 Å². The molecule has 0 aromatic heterocycles. The van der Waals surface area contributed by atoms with Crippen molar-refractivity contribution >= 4 is 40.0 Å². The lowest BCUT2D eigenvalue weighted by atomic mass is 10.1. The van der Waals surface area contributed by atoms with Crippen LogP contribution in [0.2, 0.25) is 0 Å². The van der Waals surface area contributed by atoms with Gasteiger partial charge in [0.15, 0.2) is 23.9 Å². The van der Waals surface area contributed by atoms with Crippen LogP contribution >= 0.6 is 22.6 Å². The molecule has 0 aliphatic rings. The summed E-state index contributed by atoms with van der Waals surface area (Å²) in [6.07, 6.45) is 0. The van der Waals surface area contributed by atoms with E-state index in [9.17, 15) is 19.7 Å². The van der Waals surface area contributed by atoms with E-state index >= 15 is 0 Å². The fourth-order valence-electron chi connectivity index (χ4n) is 2.88. The minimum absolute atomic E-state index is 0.129. The number of halogens is 1. The SMILES string of the molecule is CCOc1c(I)cc(C(=O)OCC(=O)c2ccc([N+](=O)[O-])cc2)cc1OCc1ccccc1. The number of rotatable bonds is 10. The standard InChI is InChI=1S/C24H20INO7/c1-2-31-23-20(25)12-18(13-22(23)32-14-16-6-4-3-5-7-16)24(28)33-15-21(27)17-8-10-19(11-9-17)26(29)30/h3-13H,2,14-15H2,1H3. The maximum Gasteiger partial charge on any atom is 0.338 e. The van der Waals surface area contributed by atoms with Crippen LogP contribution in [-0.2, 0) is 11.3 Å². The van der Waals surface area contributed by atoms with Gasteiger partial charge in [0.05, 0.1) is 20.7 Å². The molecule has 0 spiro atoms. The first-order valence-electron chi connectivity index (χ1n) is 9.97. The third-order valence-electron chi connectivity index (χ3n) is 4.51. The number of nitrogens with zero attached hydrogens (tertiary/aromatic N) is 1. The van der Waals surface area contributed by atoms with E-state index in [2.05, 4.69) is 0 Å². The van der Waals surface area contributed by atoms with Crippen LogP contribution in [0.4, 0.5) is 5.69 Å². The topological polar surface area (TPSA) is 105 Å². The molecule has 0 amide bonds. The second kappa shape index (κ2) is 11.4. The molecule has 0 bridgehead atoms. The Bertz CT molecular complexity index is 1150. The van der Waals surface area contributed by atoms with Gasteiger partial charge in [-0.3, -0.25) is 14.9 Å². The number of nitro groups is 1. The Morgan fingerprint density at radius 1 is 0.970 bits per heavy atom. The molecule has 0 aliphatic carbocycles. The molecular weight excluding hydrogens is 541 g/mol. The molecule has 9 heteroatoms. The van der Waals surface area contributed by atoms with Gasteiger partial charge in [0.2, 0.25) is 0 Å². The van der Waals surface area contributed by atoms with Crippen molar-refractivity contribution in [2.45, 2.75) is 13.5 Å². The third-order valence-corrected chi connectivity index (χ3v) is 5.31. The van der Waals surface area contributed by atoms with Crippen LogP contribution in [0.15, 0.2) is 66.7 Å². The molecule has 0 unspecified atom stereocenters. The van der Waals surface area contributed by atoms with Crippen molar-refractivity contribution in [2.75, 3.05) is 13.2 Å². The van der Waals surface area contributed by atoms with E-state index in [0.29, 0.717) is 21.7 Å². The number of carbonyl (C=O) groups is 2. The molecule has 3 rings (SSSR count). The lowest BCUT2D eigenvalue weighted by Crippen LogP contribution is -2.15. The number of nitro benzene ring substituents is 1. The van der Waals surface area contributed by atoms with Gasteiger partial charge in [-0.2, -0.15) is 0 Å². The summed E-state index contributed by atoms with van der Waals surface area (Å²) in [5, 5.41) is 10.7. The second-order valence-corrected chi connectivity index (χ2v) is 7.96. The van der Waals surface area contributed by atoms with Crippen molar-refractivity contribution in [3.05, 3.63) is 97.1 Å². The average molecular weight is 561 g/mol. The van der Waals surface area contributed by atoms with E-state index in [-0.39, 0.29) is 23.4 Å². The van der Waals surface area contributed by atoms with Gasteiger partial charge in [-0.15, -0.1) is 0 Å². The fraction of sp³-hybridized carbons (Fsp3) is 0.167. The monoisotopic (exact) mass is 561 g/mol. The minimum Gasteiger partial charge on any atom is -0.489 e. The number of non-ortho nitro benzene ring substituents is 1. The molecule has 0 radical (unpaired) electrons. The number of carbonyl (C=O) groups excluding carboxylic acids is 2. The summed E-state index contributed by atoms with van der Waals surface area (Å²) in [4.78, 5) is 35.1. The van der Waals surface area contributed by atoms with Crippen molar-refractivity contribution < 1.29 is 28.7 Å². The zero-order valence-electron chi connectivity index (χ0n) is 17.7. The molecule has 0 fully saturated rings. The van der Waals surface area contributed by atoms with Crippen LogP contribution in [0.1, 0.15) is 33.2 Å². The van der Waals surface area contributed by atoms with Crippen LogP contribution in [0.5, 0.6) is 11.5 Å². The summed E-state index contributed by atoms with van der Waals surface area (Å²) < 4.78 is 17.4. The number of esters is 1. The summed E-state index contributed by atoms with van der Waals surface area (Å²) in [5.74, 6) is -0.260. The van der Waals surface area contributed by atoms with Gasteiger partial charge < -0.3 is 14.2 Å². The summed E-state index contributed by atoms with van der Waals surface area (Å²) in [5.41, 5.74) is 1.25. The predicted octanol–water partition coefficient (Wildman–Crippen LogP) is 5.22. The number of Topliss-reactive ketones (excluding diaryl/α,β-unsaturated/α-hetero) is 1. The molecule has 0 heterocycles. The highest BCUT2D eigenvalue weighted by atomic mass is 127. The summed E-state index contributed by atoms with van der Waals surface area (Å²) in [6, 6.07) is 17.8. The minimum atomic E-state index is -0.698. The van der Waals surface area contributed by atoms with E-state index in [4.69, 9.17) is 14.2 Å². The normalized spacial score (nSPS) is 10.4. The predicted molar refractivity (Wildman–Crippen MR) is 129 cm³/mol. The van der Waals surface area contributed by atoms with E-state index in [1.54, 1.807) is 6.07 Å². The molecule has 0 saturated carbocycles. The van der Waals surface area contributed by atoms with Crippen molar-refractivity contribution in [3.8, 4) is 11.5 Å². The van der Waals surface area contributed by atoms with Crippen LogP contribution in [0.25, 0.3) is 0 Å². The van der Waals surface area contributed by atoms with Crippen LogP contribution < -0.4 is 9.47 Å². The Hall–Kier alpha value is -3.47. The van der Waals surface area contributed by atoms with Crippen molar-refractivity contribution in [3.63, 3.8) is 0 Å². The highest BCUT2D eigenvalue weighted by Gasteiger charge is 2.19. The number of ketones is 1. The smallest absolute Gasteiger partial charge is 0.338 e. The first-order valence-corrected chi connectivity index (χ1v) is 11.0. The van der Waals surface area contributed by atoms with Gasteiger partial charge in [0, 0.05) is 17.7 Å². The van der Waals surface area contributed by atoms with E-state index in [1.165, 1.54) is 30.3 Å². The van der Waals surface area contributed by atoms with E-state index < -0.39 is 23.3 Å². The maximum absolute atomic E-state index is 12.6. The van der Waals surface area contributed by atoms with Crippen molar-refractivity contribution in [2.24, 2.45) is 0 Å². The van der Waals surface area contributed by atoms with Crippen LogP contribution in [0.3, 0.4) is 0 Å². The van der Waals surface area contributed by atoms with Crippen LogP contribution in [0, 0.1) is 13.7 Å². The van der Waals surface area contributed by atoms with Gasteiger partial charge in [0.25, 0.3) is 5.69 Å². The molecule has 0 saturated heterocycles. The molecule has 33 heavy (non-hydrogen) atoms. The highest BCUT2D eigenvalue weighted by molar-refractivity contribution is 14.1. The molecule has 170 valence electrons. The number of hydrogen-bond acceptors (Lipinski definition) is 7. The number of ether oxygens (including phenoxy) is 3. The van der Waals surface area contributed by atoms with Crippen LogP contribution in [-0.4, -0.2) is 29.9 Å². The van der Waals surface area contributed by atoms with Gasteiger partial charge in [-0.25, -0.2) is 4.79 Å². The average Bonchev–Trinajstić information content (AvgIpc) is 2.83. The molecule has 8 nitrogen and oxygen atoms in total. The Kier molecular flexibility index (Phi) is 8.36. The van der Waals surface area contributed by atoms with Gasteiger partial charge in [0.1, 0.15) is 6.61 Å². The van der Waals surface area contributed by atoms with Gasteiger partial charge in [-0.05, 0) is 59.3 Å². The lowest BCUT2D eigenvalue weighted by molar-refractivity contribution is -0.384. The highest BCUT2D eigenvalue weighted by Crippen LogP contribution is 2.35. The van der Waals surface area contributed by atoms with Gasteiger partial charge >= 0.3 is 5.97 Å². The molecule has 0 atom stereocenters. The first-order chi connectivity index (χ1) is 15.9. The Morgan fingerprint density at radius 2 is 1.67 bits per heavy atom. The Morgan fingerprint density at radius 3 is 2.30 bits per heavy atom. The number of benzene rings is 3.